The van der Waals surface area contributed by atoms with Gasteiger partial charge in [0.05, 0.1) is 17.7 Å². The predicted octanol–water partition coefficient (Wildman–Crippen LogP) is 4.54. The topological polar surface area (TPSA) is 79.0 Å². The molecule has 5 rings (SSSR count). The molecular formula is C25H31ClN4O2. The number of ether oxygens (including phenoxy) is 1. The standard InChI is InChI=1S/C25H30N4O2.ClH/c1-15-3-6-21(31-14-17-4-5-17)20(13-15)19-9-12-27-24-22(16(2)28-23(19)24)25(30)29-18-7-10-26-11-8-18;/h3,6,9,12-13,17-18,26,28H,4-5,7-8,10-11,14H2,1-2H3,(H,29,30);1H. The van der Waals surface area contributed by atoms with Crippen molar-refractivity contribution < 1.29 is 9.53 Å². The summed E-state index contributed by atoms with van der Waals surface area (Å²) in [4.78, 5) is 21.2. The molecule has 0 radical (unpaired) electrons. The number of H-pyrrole nitrogens is 1. The van der Waals surface area contributed by atoms with Gasteiger partial charge in [-0.25, -0.2) is 0 Å². The van der Waals surface area contributed by atoms with E-state index in [9.17, 15) is 4.79 Å². The predicted molar refractivity (Wildman–Crippen MR) is 130 cm³/mol. The van der Waals surface area contributed by atoms with Crippen LogP contribution in [-0.2, 0) is 0 Å². The Hall–Kier alpha value is -2.57. The van der Waals surface area contributed by atoms with Crippen molar-refractivity contribution in [1.29, 1.82) is 0 Å². The Balaban J connectivity index is 0.00000245. The van der Waals surface area contributed by atoms with E-state index < -0.39 is 0 Å². The molecule has 0 unspecified atom stereocenters. The van der Waals surface area contributed by atoms with E-state index in [0.29, 0.717) is 11.5 Å². The minimum atomic E-state index is -0.0465. The van der Waals surface area contributed by atoms with Crippen molar-refractivity contribution in [3.8, 4) is 16.9 Å². The third-order valence-electron chi connectivity index (χ3n) is 6.37. The van der Waals surface area contributed by atoms with Crippen LogP contribution in [0.3, 0.4) is 0 Å². The molecule has 0 bridgehead atoms. The smallest absolute Gasteiger partial charge is 0.255 e. The minimum Gasteiger partial charge on any atom is -0.493 e. The van der Waals surface area contributed by atoms with Gasteiger partial charge in [-0.3, -0.25) is 9.78 Å². The first-order valence-corrected chi connectivity index (χ1v) is 11.3. The number of rotatable bonds is 6. The molecule has 3 N–H and O–H groups in total. The molecular weight excluding hydrogens is 424 g/mol. The van der Waals surface area contributed by atoms with Gasteiger partial charge in [-0.15, -0.1) is 12.4 Å². The lowest BCUT2D eigenvalue weighted by Gasteiger charge is -2.23. The van der Waals surface area contributed by atoms with E-state index in [1.54, 1.807) is 6.20 Å². The molecule has 0 spiro atoms. The zero-order valence-electron chi connectivity index (χ0n) is 18.7. The third kappa shape index (κ3) is 4.62. The van der Waals surface area contributed by atoms with Crippen LogP contribution in [0.5, 0.6) is 5.75 Å². The molecule has 3 heterocycles. The number of hydrogen-bond acceptors (Lipinski definition) is 4. The SMILES string of the molecule is Cc1ccc(OCC2CC2)c(-c2ccnc3c(C(=O)NC4CCNCC4)c(C)[nH]c23)c1.Cl. The second-order valence-corrected chi connectivity index (χ2v) is 8.96. The van der Waals surface area contributed by atoms with Gasteiger partial charge in [-0.2, -0.15) is 0 Å². The number of carbonyl (C=O) groups excluding carboxylic acids is 1. The number of nitrogens with one attached hydrogen (secondary N) is 3. The number of piperidine rings is 1. The van der Waals surface area contributed by atoms with E-state index in [1.165, 1.54) is 18.4 Å². The number of nitrogens with zero attached hydrogens (tertiary/aromatic N) is 1. The lowest BCUT2D eigenvalue weighted by Crippen LogP contribution is -2.42. The highest BCUT2D eigenvalue weighted by molar-refractivity contribution is 6.09. The zero-order chi connectivity index (χ0) is 21.4. The van der Waals surface area contributed by atoms with Gasteiger partial charge in [0.25, 0.3) is 5.91 Å². The number of aromatic amines is 1. The number of amides is 1. The lowest BCUT2D eigenvalue weighted by atomic mass is 10.0. The van der Waals surface area contributed by atoms with E-state index in [2.05, 4.69) is 45.7 Å². The molecule has 0 atom stereocenters. The van der Waals surface area contributed by atoms with Crippen molar-refractivity contribution in [2.45, 2.75) is 45.6 Å². The van der Waals surface area contributed by atoms with Crippen molar-refractivity contribution in [2.75, 3.05) is 19.7 Å². The summed E-state index contributed by atoms with van der Waals surface area (Å²) in [5.41, 5.74) is 6.32. The van der Waals surface area contributed by atoms with Crippen molar-refractivity contribution in [3.63, 3.8) is 0 Å². The van der Waals surface area contributed by atoms with E-state index in [-0.39, 0.29) is 24.4 Å². The molecule has 2 aliphatic rings. The van der Waals surface area contributed by atoms with Crippen LogP contribution in [0, 0.1) is 19.8 Å². The molecule has 1 aliphatic heterocycles. The second kappa shape index (κ2) is 9.51. The summed E-state index contributed by atoms with van der Waals surface area (Å²) < 4.78 is 6.18. The fourth-order valence-electron chi connectivity index (χ4n) is 4.40. The fourth-order valence-corrected chi connectivity index (χ4v) is 4.40. The highest BCUT2D eigenvalue weighted by atomic mass is 35.5. The Morgan fingerprint density at radius 3 is 2.66 bits per heavy atom. The van der Waals surface area contributed by atoms with Gasteiger partial charge in [0.15, 0.2) is 0 Å². The average Bonchev–Trinajstić information content (AvgIpc) is 3.53. The van der Waals surface area contributed by atoms with Crippen LogP contribution in [-0.4, -0.2) is 41.6 Å². The normalized spacial score (nSPS) is 16.6. The van der Waals surface area contributed by atoms with Gasteiger partial charge in [0.2, 0.25) is 0 Å². The molecule has 1 saturated carbocycles. The molecule has 32 heavy (non-hydrogen) atoms. The number of hydrogen-bond donors (Lipinski definition) is 3. The first-order chi connectivity index (χ1) is 15.1. The number of pyridine rings is 1. The van der Waals surface area contributed by atoms with Crippen LogP contribution in [0.25, 0.3) is 22.2 Å². The highest BCUT2D eigenvalue weighted by Crippen LogP contribution is 2.38. The maximum Gasteiger partial charge on any atom is 0.255 e. The molecule has 1 amide bonds. The lowest BCUT2D eigenvalue weighted by molar-refractivity contribution is 0.0930. The molecule has 3 aromatic rings. The number of benzene rings is 1. The quantitative estimate of drug-likeness (QED) is 0.511. The number of fused-ring (bicyclic) bond motifs is 1. The van der Waals surface area contributed by atoms with Crippen LogP contribution in [0.15, 0.2) is 30.5 Å². The van der Waals surface area contributed by atoms with Gasteiger partial charge in [0.1, 0.15) is 11.3 Å². The Kier molecular flexibility index (Phi) is 6.72. The molecule has 170 valence electrons. The maximum absolute atomic E-state index is 13.1. The van der Waals surface area contributed by atoms with Crippen LogP contribution >= 0.6 is 12.4 Å². The van der Waals surface area contributed by atoms with Gasteiger partial charge in [-0.1, -0.05) is 11.6 Å². The van der Waals surface area contributed by atoms with Crippen LogP contribution in [0.4, 0.5) is 0 Å². The number of aromatic nitrogens is 2. The summed E-state index contributed by atoms with van der Waals surface area (Å²) >= 11 is 0. The summed E-state index contributed by atoms with van der Waals surface area (Å²) in [6.45, 7) is 6.68. The Morgan fingerprint density at radius 1 is 1.12 bits per heavy atom. The molecule has 2 fully saturated rings. The summed E-state index contributed by atoms with van der Waals surface area (Å²) in [5, 5.41) is 6.55. The molecule has 2 aromatic heterocycles. The Bertz CT molecular complexity index is 1120. The monoisotopic (exact) mass is 454 g/mol. The van der Waals surface area contributed by atoms with Gasteiger partial charge in [0, 0.05) is 29.1 Å². The number of carbonyl (C=O) groups is 1. The Morgan fingerprint density at radius 2 is 1.91 bits per heavy atom. The number of halogens is 1. The van der Waals surface area contributed by atoms with E-state index in [4.69, 9.17) is 4.74 Å². The fraction of sp³-hybridized carbons (Fsp3) is 0.440. The molecule has 1 aromatic carbocycles. The molecule has 1 saturated heterocycles. The van der Waals surface area contributed by atoms with Gasteiger partial charge >= 0.3 is 0 Å². The average molecular weight is 455 g/mol. The van der Waals surface area contributed by atoms with Crippen molar-refractivity contribution in [2.24, 2.45) is 5.92 Å². The van der Waals surface area contributed by atoms with Crippen LogP contribution in [0.2, 0.25) is 0 Å². The van der Waals surface area contributed by atoms with Crippen LogP contribution in [0.1, 0.15) is 47.3 Å². The highest BCUT2D eigenvalue weighted by Gasteiger charge is 2.25. The van der Waals surface area contributed by atoms with Crippen LogP contribution < -0.4 is 15.4 Å². The molecule has 6 nitrogen and oxygen atoms in total. The first-order valence-electron chi connectivity index (χ1n) is 11.3. The summed E-state index contributed by atoms with van der Waals surface area (Å²) in [6, 6.07) is 8.51. The maximum atomic E-state index is 13.1. The summed E-state index contributed by atoms with van der Waals surface area (Å²) in [6.07, 6.45) is 6.21. The van der Waals surface area contributed by atoms with Crippen molar-refractivity contribution in [3.05, 3.63) is 47.3 Å². The van der Waals surface area contributed by atoms with E-state index in [1.807, 2.05) is 13.0 Å². The summed E-state index contributed by atoms with van der Waals surface area (Å²) in [5.74, 6) is 1.53. The molecule has 1 aliphatic carbocycles. The van der Waals surface area contributed by atoms with E-state index in [0.717, 1.165) is 66.1 Å². The first kappa shape index (κ1) is 22.6. The van der Waals surface area contributed by atoms with E-state index >= 15 is 0 Å². The Labute approximate surface area is 194 Å². The van der Waals surface area contributed by atoms with Gasteiger partial charge in [-0.05, 0) is 76.7 Å². The van der Waals surface area contributed by atoms with Gasteiger partial charge < -0.3 is 20.4 Å². The minimum absolute atomic E-state index is 0. The van der Waals surface area contributed by atoms with Crippen molar-refractivity contribution >= 4 is 29.3 Å². The number of aryl methyl sites for hydroxylation is 2. The largest absolute Gasteiger partial charge is 0.493 e. The zero-order valence-corrected chi connectivity index (χ0v) is 19.5. The third-order valence-corrected chi connectivity index (χ3v) is 6.37. The molecule has 7 heteroatoms. The second-order valence-electron chi connectivity index (χ2n) is 8.96. The summed E-state index contributed by atoms with van der Waals surface area (Å²) in [7, 11) is 0. The van der Waals surface area contributed by atoms with Crippen molar-refractivity contribution in [1.82, 2.24) is 20.6 Å².